The summed E-state index contributed by atoms with van der Waals surface area (Å²) in [6.45, 7) is 4.45. The fourth-order valence-electron chi connectivity index (χ4n) is 3.96. The van der Waals surface area contributed by atoms with E-state index < -0.39 is 6.10 Å². The van der Waals surface area contributed by atoms with Gasteiger partial charge in [0.25, 0.3) is 5.91 Å². The number of fused-ring (bicyclic) bond motifs is 1. The van der Waals surface area contributed by atoms with Gasteiger partial charge in [0.1, 0.15) is 11.6 Å². The van der Waals surface area contributed by atoms with Crippen molar-refractivity contribution in [3.8, 4) is 16.9 Å². The predicted molar refractivity (Wildman–Crippen MR) is 128 cm³/mol. The summed E-state index contributed by atoms with van der Waals surface area (Å²) in [5, 5.41) is 18.0. The highest BCUT2D eigenvalue weighted by atomic mass is 19.1. The van der Waals surface area contributed by atoms with Crippen LogP contribution in [-0.4, -0.2) is 44.7 Å². The Balaban J connectivity index is 1.61. The summed E-state index contributed by atoms with van der Waals surface area (Å²) < 4.78 is 19.5. The molecule has 0 aliphatic heterocycles. The molecule has 0 radical (unpaired) electrons. The van der Waals surface area contributed by atoms with E-state index in [1.807, 2.05) is 13.8 Å². The minimum Gasteiger partial charge on any atom is -0.493 e. The van der Waals surface area contributed by atoms with Gasteiger partial charge in [-0.15, -0.1) is 0 Å². The second kappa shape index (κ2) is 10.0. The molecular weight excluding hydrogens is 435 g/mol. The number of aliphatic hydroxyl groups excluding tert-OH is 1. The van der Waals surface area contributed by atoms with Gasteiger partial charge in [-0.2, -0.15) is 5.10 Å². The predicted octanol–water partition coefficient (Wildman–Crippen LogP) is 4.88. The molecule has 4 rings (SSSR count). The average molecular weight is 463 g/mol. The van der Waals surface area contributed by atoms with Gasteiger partial charge in [-0.1, -0.05) is 19.1 Å². The van der Waals surface area contributed by atoms with E-state index >= 15 is 0 Å². The van der Waals surface area contributed by atoms with Gasteiger partial charge in [-0.25, -0.2) is 4.39 Å². The topological polar surface area (TPSA) is 91.3 Å². The van der Waals surface area contributed by atoms with Gasteiger partial charge in [-0.05, 0) is 49.2 Å². The molecule has 0 aliphatic rings. The summed E-state index contributed by atoms with van der Waals surface area (Å²) in [5.41, 5.74) is 3.95. The highest BCUT2D eigenvalue weighted by molar-refractivity contribution is 5.96. The van der Waals surface area contributed by atoms with Crippen molar-refractivity contribution in [3.63, 3.8) is 0 Å². The van der Waals surface area contributed by atoms with Crippen molar-refractivity contribution in [1.82, 2.24) is 20.1 Å². The number of aromatic amines is 1. The van der Waals surface area contributed by atoms with Crippen LogP contribution in [-0.2, 0) is 6.54 Å². The Hall–Kier alpha value is -3.78. The number of hydrogen-bond acceptors (Lipinski definition) is 5. The smallest absolute Gasteiger partial charge is 0.254 e. The van der Waals surface area contributed by atoms with Crippen molar-refractivity contribution in [3.05, 3.63) is 77.5 Å². The van der Waals surface area contributed by atoms with Gasteiger partial charge in [0.15, 0.2) is 0 Å². The van der Waals surface area contributed by atoms with Crippen molar-refractivity contribution < 1.29 is 19.0 Å². The summed E-state index contributed by atoms with van der Waals surface area (Å²) in [6.07, 6.45) is 3.17. The summed E-state index contributed by atoms with van der Waals surface area (Å²) >= 11 is 0. The normalized spacial score (nSPS) is 12.0. The van der Waals surface area contributed by atoms with E-state index in [0.717, 1.165) is 16.5 Å². The first-order valence-corrected chi connectivity index (χ1v) is 11.2. The average Bonchev–Trinajstić information content (AvgIpc) is 3.34. The fraction of sp³-hybridized carbons (Fsp3) is 0.269. The van der Waals surface area contributed by atoms with Crippen molar-refractivity contribution in [2.45, 2.75) is 32.9 Å². The van der Waals surface area contributed by atoms with Gasteiger partial charge in [-0.3, -0.25) is 14.9 Å². The lowest BCUT2D eigenvalue weighted by Gasteiger charge is -2.19. The molecule has 2 aromatic heterocycles. The third-order valence-corrected chi connectivity index (χ3v) is 5.72. The standard InChI is InChI=1S/C26H27FN4O3/c1-4-22(32)25-21-14-29-30-24(21)18(13-28-25)15-31(3)26(33)17-9-10-20(23(12-17)34-5-2)16-7-6-8-19(27)11-16/h6-14,22,32H,4-5,15H2,1-3H3,(H,29,30). The van der Waals surface area contributed by atoms with Crippen molar-refractivity contribution >= 4 is 16.8 Å². The summed E-state index contributed by atoms with van der Waals surface area (Å²) in [4.78, 5) is 19.2. The van der Waals surface area contributed by atoms with Gasteiger partial charge in [0, 0.05) is 41.9 Å². The number of carbonyl (C=O) groups excluding carboxylic acids is 1. The van der Waals surface area contributed by atoms with Crippen LogP contribution in [0.5, 0.6) is 5.75 Å². The molecule has 176 valence electrons. The van der Waals surface area contributed by atoms with Crippen LogP contribution in [0.2, 0.25) is 0 Å². The van der Waals surface area contributed by atoms with E-state index in [1.54, 1.807) is 54.7 Å². The number of hydrogen-bond donors (Lipinski definition) is 2. The lowest BCUT2D eigenvalue weighted by atomic mass is 10.0. The molecule has 0 aliphatic carbocycles. The number of carbonyl (C=O) groups is 1. The second-order valence-corrected chi connectivity index (χ2v) is 8.07. The van der Waals surface area contributed by atoms with Gasteiger partial charge >= 0.3 is 0 Å². The quantitative estimate of drug-likeness (QED) is 0.390. The Morgan fingerprint density at radius 3 is 2.76 bits per heavy atom. The molecule has 2 heterocycles. The highest BCUT2D eigenvalue weighted by Crippen LogP contribution is 2.32. The van der Waals surface area contributed by atoms with E-state index in [4.69, 9.17) is 4.74 Å². The number of nitrogens with zero attached hydrogens (tertiary/aromatic N) is 3. The number of aromatic nitrogens is 3. The minimum atomic E-state index is -0.679. The lowest BCUT2D eigenvalue weighted by molar-refractivity contribution is 0.0785. The number of H-pyrrole nitrogens is 1. The minimum absolute atomic E-state index is 0.197. The number of aliphatic hydroxyl groups is 1. The third-order valence-electron chi connectivity index (χ3n) is 5.72. The second-order valence-electron chi connectivity index (χ2n) is 8.07. The highest BCUT2D eigenvalue weighted by Gasteiger charge is 2.19. The maximum absolute atomic E-state index is 13.7. The molecule has 0 fully saturated rings. The van der Waals surface area contributed by atoms with Crippen LogP contribution >= 0.6 is 0 Å². The Bertz CT molecular complexity index is 1320. The molecule has 34 heavy (non-hydrogen) atoms. The molecule has 1 unspecified atom stereocenters. The first kappa shape index (κ1) is 23.4. The van der Waals surface area contributed by atoms with Crippen molar-refractivity contribution in [1.29, 1.82) is 0 Å². The van der Waals surface area contributed by atoms with Crippen LogP contribution in [0, 0.1) is 5.82 Å². The molecule has 0 saturated heterocycles. The Kier molecular flexibility index (Phi) is 6.88. The van der Waals surface area contributed by atoms with Crippen molar-refractivity contribution in [2.75, 3.05) is 13.7 Å². The zero-order chi connectivity index (χ0) is 24.2. The number of ether oxygens (including phenoxy) is 1. The molecular formula is C26H27FN4O3. The monoisotopic (exact) mass is 462 g/mol. The van der Waals surface area contributed by atoms with Crippen LogP contribution < -0.4 is 4.74 Å². The Morgan fingerprint density at radius 1 is 1.21 bits per heavy atom. The van der Waals surface area contributed by atoms with Crippen LogP contribution in [0.3, 0.4) is 0 Å². The van der Waals surface area contributed by atoms with E-state index in [9.17, 15) is 14.3 Å². The van der Waals surface area contributed by atoms with Crippen LogP contribution in [0.15, 0.2) is 54.9 Å². The third kappa shape index (κ3) is 4.63. The molecule has 8 heteroatoms. The number of benzene rings is 2. The first-order chi connectivity index (χ1) is 16.4. The zero-order valence-corrected chi connectivity index (χ0v) is 19.4. The summed E-state index contributed by atoms with van der Waals surface area (Å²) in [7, 11) is 1.71. The van der Waals surface area contributed by atoms with Gasteiger partial charge < -0.3 is 14.7 Å². The molecule has 2 N–H and O–H groups in total. The number of nitrogens with one attached hydrogen (secondary N) is 1. The molecule has 0 saturated carbocycles. The van der Waals surface area contributed by atoms with Crippen molar-refractivity contribution in [2.24, 2.45) is 0 Å². The number of rotatable bonds is 8. The molecule has 1 amide bonds. The zero-order valence-electron chi connectivity index (χ0n) is 19.4. The maximum Gasteiger partial charge on any atom is 0.254 e. The summed E-state index contributed by atoms with van der Waals surface area (Å²) in [5.74, 6) is -0.0176. The molecule has 7 nitrogen and oxygen atoms in total. The molecule has 0 bridgehead atoms. The molecule has 0 spiro atoms. The molecule has 2 aromatic carbocycles. The number of halogens is 1. The van der Waals surface area contributed by atoms with Gasteiger partial charge in [0.05, 0.1) is 30.1 Å². The van der Waals surface area contributed by atoms with E-state index in [2.05, 4.69) is 15.2 Å². The number of amides is 1. The van der Waals surface area contributed by atoms with Crippen LogP contribution in [0.1, 0.15) is 48.0 Å². The molecule has 1 atom stereocenters. The Morgan fingerprint density at radius 2 is 2.03 bits per heavy atom. The van der Waals surface area contributed by atoms with Gasteiger partial charge in [0.2, 0.25) is 0 Å². The number of pyridine rings is 1. The van der Waals surface area contributed by atoms with E-state index in [-0.39, 0.29) is 11.7 Å². The SMILES string of the molecule is CCOc1cc(C(=O)N(C)Cc2cnc(C(O)CC)c3cn[nH]c23)ccc1-c1cccc(F)c1. The summed E-state index contributed by atoms with van der Waals surface area (Å²) in [6, 6.07) is 11.4. The van der Waals surface area contributed by atoms with Crippen LogP contribution in [0.4, 0.5) is 4.39 Å². The fourth-order valence-corrected chi connectivity index (χ4v) is 3.96. The largest absolute Gasteiger partial charge is 0.493 e. The van der Waals surface area contributed by atoms with E-state index in [0.29, 0.717) is 47.7 Å². The first-order valence-electron chi connectivity index (χ1n) is 11.2. The Labute approximate surface area is 197 Å². The van der Waals surface area contributed by atoms with Crippen LogP contribution in [0.25, 0.3) is 22.0 Å². The van der Waals surface area contributed by atoms with E-state index in [1.165, 1.54) is 12.1 Å². The maximum atomic E-state index is 13.7. The molecule has 4 aromatic rings. The lowest BCUT2D eigenvalue weighted by Crippen LogP contribution is -2.26.